The fourth-order valence-electron chi connectivity index (χ4n) is 2.25. The molecule has 3 heteroatoms. The highest BCUT2D eigenvalue weighted by Crippen LogP contribution is 2.39. The summed E-state index contributed by atoms with van der Waals surface area (Å²) < 4.78 is 0.922. The Hall–Kier alpha value is -1.79. The maximum atomic E-state index is 8.85. The first-order valence-corrected chi connectivity index (χ1v) is 7.58. The number of benzene rings is 2. The Morgan fingerprint density at radius 3 is 2.50 bits per heavy atom. The number of hydrogen-bond donors (Lipinski definition) is 1. The van der Waals surface area contributed by atoms with Crippen LogP contribution in [0.15, 0.2) is 46.9 Å². The molecule has 1 aliphatic carbocycles. The first-order chi connectivity index (χ1) is 9.76. The van der Waals surface area contributed by atoms with Crippen LogP contribution in [0, 0.1) is 11.3 Å². The molecule has 2 aromatic carbocycles. The van der Waals surface area contributed by atoms with Gasteiger partial charge in [-0.25, -0.2) is 0 Å². The minimum atomic E-state index is 0.663. The van der Waals surface area contributed by atoms with Crippen molar-refractivity contribution in [3.8, 4) is 6.07 Å². The molecule has 0 amide bonds. The third-order valence-corrected chi connectivity index (χ3v) is 4.27. The van der Waals surface area contributed by atoms with Crippen molar-refractivity contribution in [2.45, 2.75) is 25.3 Å². The van der Waals surface area contributed by atoms with Crippen molar-refractivity contribution in [2.24, 2.45) is 0 Å². The summed E-state index contributed by atoms with van der Waals surface area (Å²) in [6.45, 7) is 0.787. The third kappa shape index (κ3) is 3.02. The highest BCUT2D eigenvalue weighted by Gasteiger charge is 2.22. The van der Waals surface area contributed by atoms with Crippen molar-refractivity contribution in [3.63, 3.8) is 0 Å². The standard InChI is InChI=1S/C17H15BrN2/c18-16-9-13(10-19)3-8-17(16)20-11-12-1-4-14(5-2-12)15-6-7-15/h1-5,8-9,15,20H,6-7,11H2. The zero-order valence-electron chi connectivity index (χ0n) is 11.1. The average Bonchev–Trinajstić information content (AvgIpc) is 3.31. The lowest BCUT2D eigenvalue weighted by molar-refractivity contribution is 1.10. The summed E-state index contributed by atoms with van der Waals surface area (Å²) in [7, 11) is 0. The molecular formula is C17H15BrN2. The normalized spacial score (nSPS) is 13.8. The second kappa shape index (κ2) is 5.68. The second-order valence-corrected chi connectivity index (χ2v) is 6.03. The molecule has 0 spiro atoms. The van der Waals surface area contributed by atoms with E-state index in [0.717, 1.165) is 22.6 Å². The number of hydrogen-bond acceptors (Lipinski definition) is 2. The second-order valence-electron chi connectivity index (χ2n) is 5.18. The van der Waals surface area contributed by atoms with Crippen molar-refractivity contribution in [2.75, 3.05) is 5.32 Å². The highest BCUT2D eigenvalue weighted by molar-refractivity contribution is 9.10. The lowest BCUT2D eigenvalue weighted by atomic mass is 10.1. The summed E-state index contributed by atoms with van der Waals surface area (Å²) in [5, 5.41) is 12.2. The van der Waals surface area contributed by atoms with Crippen LogP contribution < -0.4 is 5.32 Å². The van der Waals surface area contributed by atoms with E-state index in [1.54, 1.807) is 0 Å². The maximum absolute atomic E-state index is 8.85. The predicted molar refractivity (Wildman–Crippen MR) is 84.6 cm³/mol. The number of rotatable bonds is 4. The fourth-order valence-corrected chi connectivity index (χ4v) is 2.77. The number of nitrogens with zero attached hydrogens (tertiary/aromatic N) is 1. The van der Waals surface area contributed by atoms with Crippen molar-refractivity contribution in [3.05, 3.63) is 63.6 Å². The molecule has 0 saturated heterocycles. The lowest BCUT2D eigenvalue weighted by Gasteiger charge is -2.09. The van der Waals surface area contributed by atoms with Gasteiger partial charge in [-0.05, 0) is 64.0 Å². The molecule has 0 bridgehead atoms. The number of anilines is 1. The van der Waals surface area contributed by atoms with Gasteiger partial charge >= 0.3 is 0 Å². The molecule has 20 heavy (non-hydrogen) atoms. The van der Waals surface area contributed by atoms with Crippen molar-refractivity contribution >= 4 is 21.6 Å². The lowest BCUT2D eigenvalue weighted by Crippen LogP contribution is -2.00. The molecule has 2 aromatic rings. The molecule has 0 aliphatic heterocycles. The Bertz CT molecular complexity index is 652. The van der Waals surface area contributed by atoms with Crippen LogP contribution in [0.4, 0.5) is 5.69 Å². The summed E-state index contributed by atoms with van der Waals surface area (Å²) in [5.74, 6) is 0.810. The van der Waals surface area contributed by atoms with Gasteiger partial charge in [0.05, 0.1) is 11.6 Å². The van der Waals surface area contributed by atoms with E-state index in [2.05, 4.69) is 51.6 Å². The van der Waals surface area contributed by atoms with Gasteiger partial charge in [0.1, 0.15) is 0 Å². The van der Waals surface area contributed by atoms with E-state index >= 15 is 0 Å². The molecule has 100 valence electrons. The van der Waals surface area contributed by atoms with Crippen LogP contribution in [0.25, 0.3) is 0 Å². The van der Waals surface area contributed by atoms with Crippen LogP contribution >= 0.6 is 15.9 Å². The number of nitrogens with one attached hydrogen (secondary N) is 1. The summed E-state index contributed by atoms with van der Waals surface area (Å²) in [6, 6.07) is 16.6. The molecular weight excluding hydrogens is 312 g/mol. The van der Waals surface area contributed by atoms with Crippen LogP contribution in [-0.4, -0.2) is 0 Å². The molecule has 3 rings (SSSR count). The van der Waals surface area contributed by atoms with E-state index in [0.29, 0.717) is 5.56 Å². The van der Waals surface area contributed by atoms with Crippen LogP contribution in [0.1, 0.15) is 35.4 Å². The van der Waals surface area contributed by atoms with Gasteiger partial charge in [-0.2, -0.15) is 5.26 Å². The molecule has 2 nitrogen and oxygen atoms in total. The Labute approximate surface area is 127 Å². The van der Waals surface area contributed by atoms with Gasteiger partial charge in [-0.1, -0.05) is 24.3 Å². The van der Waals surface area contributed by atoms with Crippen molar-refractivity contribution < 1.29 is 0 Å². The fraction of sp³-hybridized carbons (Fsp3) is 0.235. The zero-order chi connectivity index (χ0) is 13.9. The molecule has 0 radical (unpaired) electrons. The summed E-state index contributed by atoms with van der Waals surface area (Å²) in [5.41, 5.74) is 4.41. The summed E-state index contributed by atoms with van der Waals surface area (Å²) in [4.78, 5) is 0. The first kappa shape index (κ1) is 13.2. The molecule has 1 N–H and O–H groups in total. The number of halogens is 1. The smallest absolute Gasteiger partial charge is 0.0992 e. The van der Waals surface area contributed by atoms with Crippen LogP contribution in [0.5, 0.6) is 0 Å². The van der Waals surface area contributed by atoms with E-state index in [-0.39, 0.29) is 0 Å². The van der Waals surface area contributed by atoms with Gasteiger partial charge in [-0.3, -0.25) is 0 Å². The van der Waals surface area contributed by atoms with Gasteiger partial charge in [0.25, 0.3) is 0 Å². The predicted octanol–water partition coefficient (Wildman–Crippen LogP) is 4.81. The maximum Gasteiger partial charge on any atom is 0.0992 e. The topological polar surface area (TPSA) is 35.8 Å². The first-order valence-electron chi connectivity index (χ1n) is 6.78. The quantitative estimate of drug-likeness (QED) is 0.875. The molecule has 1 saturated carbocycles. The summed E-state index contributed by atoms with van der Waals surface area (Å²) in [6.07, 6.45) is 2.69. The van der Waals surface area contributed by atoms with Gasteiger partial charge in [0.15, 0.2) is 0 Å². The van der Waals surface area contributed by atoms with E-state index in [4.69, 9.17) is 5.26 Å². The van der Waals surface area contributed by atoms with Gasteiger partial charge in [-0.15, -0.1) is 0 Å². The Balaban J connectivity index is 1.65. The van der Waals surface area contributed by atoms with Crippen LogP contribution in [-0.2, 0) is 6.54 Å². The third-order valence-electron chi connectivity index (χ3n) is 3.61. The molecule has 1 aliphatic rings. The van der Waals surface area contributed by atoms with Crippen LogP contribution in [0.2, 0.25) is 0 Å². The largest absolute Gasteiger partial charge is 0.380 e. The van der Waals surface area contributed by atoms with Gasteiger partial charge < -0.3 is 5.32 Å². The minimum Gasteiger partial charge on any atom is -0.380 e. The van der Waals surface area contributed by atoms with Gasteiger partial charge in [0, 0.05) is 16.7 Å². The Morgan fingerprint density at radius 1 is 1.15 bits per heavy atom. The minimum absolute atomic E-state index is 0.663. The van der Waals surface area contributed by atoms with Crippen molar-refractivity contribution in [1.82, 2.24) is 0 Å². The number of nitriles is 1. The Morgan fingerprint density at radius 2 is 1.90 bits per heavy atom. The average molecular weight is 327 g/mol. The molecule has 0 unspecified atom stereocenters. The van der Waals surface area contributed by atoms with Crippen LogP contribution in [0.3, 0.4) is 0 Å². The molecule has 0 aromatic heterocycles. The molecule has 1 fully saturated rings. The highest BCUT2D eigenvalue weighted by atomic mass is 79.9. The van der Waals surface area contributed by atoms with E-state index < -0.39 is 0 Å². The van der Waals surface area contributed by atoms with Crippen molar-refractivity contribution in [1.29, 1.82) is 5.26 Å². The molecule has 0 heterocycles. The Kier molecular flexibility index (Phi) is 3.75. The SMILES string of the molecule is N#Cc1ccc(NCc2ccc(C3CC3)cc2)c(Br)c1. The van der Waals surface area contributed by atoms with Gasteiger partial charge in [0.2, 0.25) is 0 Å². The van der Waals surface area contributed by atoms with E-state index in [1.807, 2.05) is 18.2 Å². The zero-order valence-corrected chi connectivity index (χ0v) is 12.7. The summed E-state index contributed by atoms with van der Waals surface area (Å²) >= 11 is 3.49. The monoisotopic (exact) mass is 326 g/mol. The van der Waals surface area contributed by atoms with E-state index in [1.165, 1.54) is 24.0 Å². The molecule has 0 atom stereocenters. The van der Waals surface area contributed by atoms with E-state index in [9.17, 15) is 0 Å².